The highest BCUT2D eigenvalue weighted by Gasteiger charge is 2.25. The maximum Gasteiger partial charge on any atom is 0.326 e. The smallest absolute Gasteiger partial charge is 0.326 e. The molecular weight excluding hydrogens is 288 g/mol. The van der Waals surface area contributed by atoms with Gasteiger partial charge in [0.2, 0.25) is 0 Å². The van der Waals surface area contributed by atoms with E-state index < -0.39 is 12.0 Å². The van der Waals surface area contributed by atoms with E-state index in [0.717, 1.165) is 29.7 Å². The Labute approximate surface area is 126 Å². The summed E-state index contributed by atoms with van der Waals surface area (Å²) in [5, 5.41) is 9.90. The summed E-state index contributed by atoms with van der Waals surface area (Å²) in [5.41, 5.74) is 0.890. The fourth-order valence-electron chi connectivity index (χ4n) is 3.06. The molecule has 3 rings (SSSR count). The van der Waals surface area contributed by atoms with Crippen molar-refractivity contribution < 1.29 is 9.90 Å². The third-order valence-electron chi connectivity index (χ3n) is 4.25. The van der Waals surface area contributed by atoms with Crippen LogP contribution in [-0.4, -0.2) is 20.6 Å². The van der Waals surface area contributed by atoms with E-state index in [1.54, 1.807) is 18.3 Å². The largest absolute Gasteiger partial charge is 0.480 e. The first-order chi connectivity index (χ1) is 10.0. The SMILES string of the molecule is CC[C@H](C(=O)O)n1cnc2sc3c(c2c1=O)CC[C@@H](C)C3. The number of rotatable bonds is 3. The van der Waals surface area contributed by atoms with Crippen LogP contribution in [0.1, 0.15) is 43.2 Å². The van der Waals surface area contributed by atoms with Crippen molar-refractivity contribution in [1.29, 1.82) is 0 Å². The molecule has 2 atom stereocenters. The van der Waals surface area contributed by atoms with Gasteiger partial charge in [-0.1, -0.05) is 13.8 Å². The molecule has 1 aliphatic carbocycles. The van der Waals surface area contributed by atoms with Crippen LogP contribution in [0.25, 0.3) is 10.2 Å². The number of thiophene rings is 1. The summed E-state index contributed by atoms with van der Waals surface area (Å²) in [4.78, 5) is 30.4. The van der Waals surface area contributed by atoms with Gasteiger partial charge in [-0.05, 0) is 37.2 Å². The second kappa shape index (κ2) is 5.26. The van der Waals surface area contributed by atoms with Gasteiger partial charge in [0.05, 0.1) is 11.7 Å². The Kier molecular flexibility index (Phi) is 3.57. The van der Waals surface area contributed by atoms with Crippen LogP contribution < -0.4 is 5.56 Å². The van der Waals surface area contributed by atoms with E-state index in [0.29, 0.717) is 17.7 Å². The molecule has 0 aromatic carbocycles. The zero-order valence-corrected chi connectivity index (χ0v) is 12.9. The molecule has 0 fully saturated rings. The second-order valence-electron chi connectivity index (χ2n) is 5.75. The molecule has 2 aromatic heterocycles. The first-order valence-corrected chi connectivity index (χ1v) is 8.08. The highest BCUT2D eigenvalue weighted by atomic mass is 32.1. The lowest BCUT2D eigenvalue weighted by Gasteiger charge is -2.18. The van der Waals surface area contributed by atoms with Crippen LogP contribution in [0.4, 0.5) is 0 Å². The Bertz CT molecular complexity index is 762. The molecule has 2 heterocycles. The summed E-state index contributed by atoms with van der Waals surface area (Å²) in [6.07, 6.45) is 4.71. The average molecular weight is 306 g/mol. The predicted octanol–water partition coefficient (Wildman–Crippen LogP) is 2.62. The number of carboxylic acid groups (broad SMARTS) is 1. The number of nitrogens with zero attached hydrogens (tertiary/aromatic N) is 2. The standard InChI is InChI=1S/C15H18N2O3S/c1-3-10(15(19)20)17-7-16-13-12(14(17)18)9-5-4-8(2)6-11(9)21-13/h7-8,10H,3-6H2,1-2H3,(H,19,20)/t8-,10-/m1/s1. The summed E-state index contributed by atoms with van der Waals surface area (Å²) < 4.78 is 1.27. The summed E-state index contributed by atoms with van der Waals surface area (Å²) in [7, 11) is 0. The van der Waals surface area contributed by atoms with Crippen LogP contribution in [0.3, 0.4) is 0 Å². The molecule has 0 saturated heterocycles. The van der Waals surface area contributed by atoms with Gasteiger partial charge in [0.1, 0.15) is 10.9 Å². The fraction of sp³-hybridized carbons (Fsp3) is 0.533. The van der Waals surface area contributed by atoms with Crippen molar-refractivity contribution in [2.24, 2.45) is 5.92 Å². The molecule has 1 N–H and O–H groups in total. The Hall–Kier alpha value is -1.69. The van der Waals surface area contributed by atoms with Crippen LogP contribution in [0.15, 0.2) is 11.1 Å². The van der Waals surface area contributed by atoms with Gasteiger partial charge in [0.15, 0.2) is 0 Å². The third kappa shape index (κ3) is 2.27. The average Bonchev–Trinajstić information content (AvgIpc) is 2.79. The molecule has 0 aliphatic heterocycles. The number of fused-ring (bicyclic) bond motifs is 3. The topological polar surface area (TPSA) is 72.2 Å². The maximum absolute atomic E-state index is 12.7. The van der Waals surface area contributed by atoms with Crippen molar-refractivity contribution in [2.75, 3.05) is 0 Å². The maximum atomic E-state index is 12.7. The van der Waals surface area contributed by atoms with Gasteiger partial charge in [-0.25, -0.2) is 9.78 Å². The number of carboxylic acids is 1. The van der Waals surface area contributed by atoms with Crippen molar-refractivity contribution in [1.82, 2.24) is 9.55 Å². The molecule has 0 spiro atoms. The summed E-state index contributed by atoms with van der Waals surface area (Å²) >= 11 is 1.58. The molecule has 21 heavy (non-hydrogen) atoms. The van der Waals surface area contributed by atoms with Crippen LogP contribution in [-0.2, 0) is 17.6 Å². The number of aryl methyl sites for hydroxylation is 1. The van der Waals surface area contributed by atoms with Crippen molar-refractivity contribution in [2.45, 2.75) is 45.6 Å². The molecule has 0 amide bonds. The van der Waals surface area contributed by atoms with E-state index in [4.69, 9.17) is 0 Å². The van der Waals surface area contributed by atoms with Crippen LogP contribution in [0.5, 0.6) is 0 Å². The number of aromatic nitrogens is 2. The quantitative estimate of drug-likeness (QED) is 0.946. The minimum atomic E-state index is -0.988. The monoisotopic (exact) mass is 306 g/mol. The molecule has 0 radical (unpaired) electrons. The van der Waals surface area contributed by atoms with E-state index in [1.165, 1.54) is 15.8 Å². The van der Waals surface area contributed by atoms with Crippen molar-refractivity contribution in [3.8, 4) is 0 Å². The first-order valence-electron chi connectivity index (χ1n) is 7.27. The van der Waals surface area contributed by atoms with Crippen molar-refractivity contribution >= 4 is 27.5 Å². The molecule has 5 nitrogen and oxygen atoms in total. The predicted molar refractivity (Wildman–Crippen MR) is 82.0 cm³/mol. The Balaban J connectivity index is 2.21. The lowest BCUT2D eigenvalue weighted by Crippen LogP contribution is -2.30. The minimum absolute atomic E-state index is 0.207. The molecule has 0 bridgehead atoms. The van der Waals surface area contributed by atoms with Gasteiger partial charge in [-0.15, -0.1) is 11.3 Å². The zero-order valence-electron chi connectivity index (χ0n) is 12.1. The summed E-state index contributed by atoms with van der Waals surface area (Å²) in [6.45, 7) is 3.98. The van der Waals surface area contributed by atoms with Gasteiger partial charge in [-0.2, -0.15) is 0 Å². The van der Waals surface area contributed by atoms with E-state index in [2.05, 4.69) is 11.9 Å². The van der Waals surface area contributed by atoms with E-state index >= 15 is 0 Å². The Morgan fingerprint density at radius 2 is 2.38 bits per heavy atom. The first kappa shape index (κ1) is 14.3. The fourth-order valence-corrected chi connectivity index (χ4v) is 4.40. The lowest BCUT2D eigenvalue weighted by atomic mass is 9.89. The molecule has 0 saturated carbocycles. The highest BCUT2D eigenvalue weighted by Crippen LogP contribution is 2.35. The number of hydrogen-bond acceptors (Lipinski definition) is 4. The summed E-state index contributed by atoms with van der Waals surface area (Å²) in [6, 6.07) is -0.840. The van der Waals surface area contributed by atoms with E-state index in [-0.39, 0.29) is 5.56 Å². The number of carbonyl (C=O) groups is 1. The van der Waals surface area contributed by atoms with Gasteiger partial charge in [0.25, 0.3) is 5.56 Å². The van der Waals surface area contributed by atoms with Gasteiger partial charge in [-0.3, -0.25) is 9.36 Å². The van der Waals surface area contributed by atoms with Gasteiger partial charge in [0, 0.05) is 4.88 Å². The highest BCUT2D eigenvalue weighted by molar-refractivity contribution is 7.18. The Morgan fingerprint density at radius 3 is 3.05 bits per heavy atom. The second-order valence-corrected chi connectivity index (χ2v) is 6.83. The molecule has 2 aromatic rings. The molecule has 112 valence electrons. The van der Waals surface area contributed by atoms with Crippen LogP contribution in [0, 0.1) is 5.92 Å². The Morgan fingerprint density at radius 1 is 1.62 bits per heavy atom. The number of hydrogen-bond donors (Lipinski definition) is 1. The minimum Gasteiger partial charge on any atom is -0.480 e. The molecular formula is C15H18N2O3S. The van der Waals surface area contributed by atoms with Crippen LogP contribution in [0.2, 0.25) is 0 Å². The van der Waals surface area contributed by atoms with Crippen LogP contribution >= 0.6 is 11.3 Å². The molecule has 6 heteroatoms. The van der Waals surface area contributed by atoms with E-state index in [9.17, 15) is 14.7 Å². The van der Waals surface area contributed by atoms with Crippen molar-refractivity contribution in [3.63, 3.8) is 0 Å². The third-order valence-corrected chi connectivity index (χ3v) is 5.41. The lowest BCUT2D eigenvalue weighted by molar-refractivity contribution is -0.141. The normalized spacial score (nSPS) is 19.4. The molecule has 0 unspecified atom stereocenters. The van der Waals surface area contributed by atoms with Crippen molar-refractivity contribution in [3.05, 3.63) is 27.1 Å². The molecule has 1 aliphatic rings. The summed E-state index contributed by atoms with van der Waals surface area (Å²) in [5.74, 6) is -0.353. The van der Waals surface area contributed by atoms with E-state index in [1.807, 2.05) is 0 Å². The van der Waals surface area contributed by atoms with Gasteiger partial charge >= 0.3 is 5.97 Å². The van der Waals surface area contributed by atoms with Gasteiger partial charge < -0.3 is 5.11 Å². The zero-order chi connectivity index (χ0) is 15.1. The number of aliphatic carboxylic acids is 1.